The fourth-order valence-corrected chi connectivity index (χ4v) is 2.60. The first-order valence-corrected chi connectivity index (χ1v) is 5.45. The van der Waals surface area contributed by atoms with Crippen LogP contribution in [-0.2, 0) is 16.4 Å². The van der Waals surface area contributed by atoms with Crippen LogP contribution in [0.1, 0.15) is 11.1 Å². The molecule has 0 amide bonds. The number of aryl methyl sites for hydroxylation is 1. The summed E-state index contributed by atoms with van der Waals surface area (Å²) in [5, 5.41) is 0. The third kappa shape index (κ3) is 1.23. The van der Waals surface area contributed by atoms with Crippen LogP contribution in [0.25, 0.3) is 0 Å². The molecule has 1 atom stereocenters. The SMILES string of the molecule is Cc1ccc2c(c1)CS(C)=N2. The minimum Gasteiger partial charge on any atom is -0.228 e. The van der Waals surface area contributed by atoms with E-state index in [9.17, 15) is 0 Å². The van der Waals surface area contributed by atoms with Crippen LogP contribution >= 0.6 is 0 Å². The molecule has 0 saturated carbocycles. The van der Waals surface area contributed by atoms with Crippen molar-refractivity contribution >= 4 is 16.4 Å². The molecule has 1 nitrogen and oxygen atoms in total. The molecule has 1 heterocycles. The van der Waals surface area contributed by atoms with Gasteiger partial charge in [-0.25, -0.2) is 4.36 Å². The van der Waals surface area contributed by atoms with Crippen LogP contribution in [0.4, 0.5) is 5.69 Å². The summed E-state index contributed by atoms with van der Waals surface area (Å²) < 4.78 is 4.52. The van der Waals surface area contributed by atoms with E-state index in [4.69, 9.17) is 0 Å². The fourth-order valence-electron chi connectivity index (χ4n) is 1.34. The average Bonchev–Trinajstić information content (AvgIpc) is 2.27. The summed E-state index contributed by atoms with van der Waals surface area (Å²) in [5.74, 6) is 1.15. The van der Waals surface area contributed by atoms with Crippen molar-refractivity contribution in [3.05, 3.63) is 29.3 Å². The molecule has 11 heavy (non-hydrogen) atoms. The number of fused-ring (bicyclic) bond motifs is 1. The maximum atomic E-state index is 4.52. The van der Waals surface area contributed by atoms with Crippen LogP contribution in [0.2, 0.25) is 0 Å². The Balaban J connectivity index is 2.52. The Hall–Kier alpha value is -0.630. The van der Waals surface area contributed by atoms with Gasteiger partial charge >= 0.3 is 0 Å². The maximum Gasteiger partial charge on any atom is 0.0744 e. The van der Waals surface area contributed by atoms with E-state index in [1.54, 1.807) is 0 Å². The van der Waals surface area contributed by atoms with Gasteiger partial charge in [-0.1, -0.05) is 28.4 Å². The molecule has 0 aliphatic carbocycles. The lowest BCUT2D eigenvalue weighted by molar-refractivity contribution is 1.36. The van der Waals surface area contributed by atoms with Gasteiger partial charge in [0.15, 0.2) is 0 Å². The van der Waals surface area contributed by atoms with E-state index in [0.29, 0.717) is 0 Å². The zero-order chi connectivity index (χ0) is 7.84. The van der Waals surface area contributed by atoms with Crippen molar-refractivity contribution in [3.63, 3.8) is 0 Å². The molecule has 58 valence electrons. The van der Waals surface area contributed by atoms with Gasteiger partial charge in [-0.05, 0) is 24.8 Å². The number of nitrogens with zero attached hydrogens (tertiary/aromatic N) is 1. The molecule has 0 N–H and O–H groups in total. The normalized spacial score (nSPS) is 21.1. The third-order valence-electron chi connectivity index (χ3n) is 1.85. The first-order chi connectivity index (χ1) is 5.25. The van der Waals surface area contributed by atoms with Crippen molar-refractivity contribution in [2.24, 2.45) is 4.36 Å². The number of rotatable bonds is 0. The van der Waals surface area contributed by atoms with Crippen molar-refractivity contribution in [1.82, 2.24) is 0 Å². The van der Waals surface area contributed by atoms with Crippen molar-refractivity contribution in [2.75, 3.05) is 6.26 Å². The number of hydrogen-bond acceptors (Lipinski definition) is 1. The zero-order valence-electron chi connectivity index (χ0n) is 6.79. The van der Waals surface area contributed by atoms with Gasteiger partial charge in [-0.3, -0.25) is 0 Å². The predicted molar refractivity (Wildman–Crippen MR) is 50.3 cm³/mol. The Labute approximate surface area is 69.5 Å². The average molecular weight is 165 g/mol. The van der Waals surface area contributed by atoms with E-state index in [0.717, 1.165) is 5.75 Å². The summed E-state index contributed by atoms with van der Waals surface area (Å²) in [6.45, 7) is 2.13. The molecule has 0 saturated heterocycles. The quantitative estimate of drug-likeness (QED) is 0.560. The van der Waals surface area contributed by atoms with Crippen LogP contribution in [0.5, 0.6) is 0 Å². The predicted octanol–water partition coefficient (Wildman–Crippen LogP) is 2.57. The largest absolute Gasteiger partial charge is 0.228 e. The first-order valence-electron chi connectivity index (χ1n) is 3.69. The van der Waals surface area contributed by atoms with Gasteiger partial charge in [0.05, 0.1) is 5.69 Å². The van der Waals surface area contributed by atoms with E-state index < -0.39 is 0 Å². The Morgan fingerprint density at radius 1 is 1.45 bits per heavy atom. The highest BCUT2D eigenvalue weighted by Gasteiger charge is 2.08. The molecule has 0 spiro atoms. The highest BCUT2D eigenvalue weighted by atomic mass is 32.2. The minimum absolute atomic E-state index is 0.247. The van der Waals surface area contributed by atoms with Gasteiger partial charge in [0, 0.05) is 5.75 Å². The molecular formula is C9H11NS. The first kappa shape index (κ1) is 7.04. The Morgan fingerprint density at radius 3 is 3.09 bits per heavy atom. The summed E-state index contributed by atoms with van der Waals surface area (Å²) in [5.41, 5.74) is 3.98. The number of hydrogen-bond donors (Lipinski definition) is 0. The molecule has 2 rings (SSSR count). The highest BCUT2D eigenvalue weighted by molar-refractivity contribution is 7.86. The van der Waals surface area contributed by atoms with Gasteiger partial charge in [0.2, 0.25) is 0 Å². The van der Waals surface area contributed by atoms with Crippen LogP contribution < -0.4 is 0 Å². The molecule has 1 aromatic rings. The van der Waals surface area contributed by atoms with E-state index >= 15 is 0 Å². The molecule has 0 aromatic heterocycles. The Bertz CT molecular complexity index is 328. The highest BCUT2D eigenvalue weighted by Crippen LogP contribution is 2.28. The molecule has 0 bridgehead atoms. The van der Waals surface area contributed by atoms with Gasteiger partial charge in [0.25, 0.3) is 0 Å². The fraction of sp³-hybridized carbons (Fsp3) is 0.333. The molecule has 0 radical (unpaired) electrons. The summed E-state index contributed by atoms with van der Waals surface area (Å²) >= 11 is 0. The lowest BCUT2D eigenvalue weighted by Gasteiger charge is -1.96. The molecule has 1 aromatic carbocycles. The minimum atomic E-state index is 0.247. The van der Waals surface area contributed by atoms with Crippen molar-refractivity contribution in [1.29, 1.82) is 0 Å². The zero-order valence-corrected chi connectivity index (χ0v) is 7.61. The smallest absolute Gasteiger partial charge is 0.0744 e. The lowest BCUT2D eigenvalue weighted by atomic mass is 10.1. The van der Waals surface area contributed by atoms with Crippen LogP contribution in [0.15, 0.2) is 22.6 Å². The lowest BCUT2D eigenvalue weighted by Crippen LogP contribution is -1.84. The molecule has 2 heteroatoms. The molecule has 1 unspecified atom stereocenters. The number of benzene rings is 1. The topological polar surface area (TPSA) is 12.4 Å². The van der Waals surface area contributed by atoms with Crippen LogP contribution in [0, 0.1) is 6.92 Å². The van der Waals surface area contributed by atoms with Crippen molar-refractivity contribution in [3.8, 4) is 0 Å². The monoisotopic (exact) mass is 165 g/mol. The van der Waals surface area contributed by atoms with E-state index in [2.05, 4.69) is 35.7 Å². The standard InChI is InChI=1S/C9H11NS/c1-7-3-4-9-8(5-7)6-11(2)10-9/h3-5H,6H2,1-2H3. The molecule has 1 aliphatic heterocycles. The molecule has 1 aliphatic rings. The second-order valence-corrected chi connectivity index (χ2v) is 4.64. The third-order valence-corrected chi connectivity index (χ3v) is 3.09. The van der Waals surface area contributed by atoms with Gasteiger partial charge in [-0.2, -0.15) is 0 Å². The summed E-state index contributed by atoms with van der Waals surface area (Å²) in [6.07, 6.45) is 2.19. The van der Waals surface area contributed by atoms with Crippen molar-refractivity contribution < 1.29 is 0 Å². The van der Waals surface area contributed by atoms with Gasteiger partial charge in [-0.15, -0.1) is 0 Å². The second kappa shape index (κ2) is 2.45. The van der Waals surface area contributed by atoms with Crippen LogP contribution in [-0.4, -0.2) is 6.26 Å². The van der Waals surface area contributed by atoms with Gasteiger partial charge < -0.3 is 0 Å². The van der Waals surface area contributed by atoms with Gasteiger partial charge in [0.1, 0.15) is 0 Å². The Morgan fingerprint density at radius 2 is 2.27 bits per heavy atom. The molecular weight excluding hydrogens is 154 g/mol. The summed E-state index contributed by atoms with van der Waals surface area (Å²) in [4.78, 5) is 0. The van der Waals surface area contributed by atoms with E-state index in [1.807, 2.05) is 0 Å². The second-order valence-electron chi connectivity index (χ2n) is 2.97. The summed E-state index contributed by atoms with van der Waals surface area (Å²) in [7, 11) is 0.247. The Kier molecular flexibility index (Phi) is 1.57. The summed E-state index contributed by atoms with van der Waals surface area (Å²) in [6, 6.07) is 6.50. The molecule has 0 fully saturated rings. The van der Waals surface area contributed by atoms with Crippen LogP contribution in [0.3, 0.4) is 0 Å². The maximum absolute atomic E-state index is 4.52. The van der Waals surface area contributed by atoms with E-state index in [-0.39, 0.29) is 10.7 Å². The van der Waals surface area contributed by atoms with Crippen molar-refractivity contribution in [2.45, 2.75) is 12.7 Å². The van der Waals surface area contributed by atoms with E-state index in [1.165, 1.54) is 16.8 Å².